The molecule has 3 aromatic rings. The summed E-state index contributed by atoms with van der Waals surface area (Å²) in [6.45, 7) is 2.53. The topological polar surface area (TPSA) is 79.4 Å². The van der Waals surface area contributed by atoms with Crippen molar-refractivity contribution in [1.29, 1.82) is 5.26 Å². The lowest BCUT2D eigenvalue weighted by Gasteiger charge is -2.04. The number of nitrogens with zero attached hydrogens (tertiary/aromatic N) is 5. The maximum atomic E-state index is 8.80. The second kappa shape index (κ2) is 6.06. The van der Waals surface area contributed by atoms with Gasteiger partial charge in [0.15, 0.2) is 0 Å². The molecule has 108 valence electrons. The Labute approximate surface area is 128 Å². The largest absolute Gasteiger partial charge is 0.379 e. The molecule has 0 saturated heterocycles. The quantitative estimate of drug-likeness (QED) is 0.798. The second-order valence-electron chi connectivity index (χ2n) is 4.85. The third-order valence-corrected chi connectivity index (χ3v) is 3.17. The molecule has 22 heavy (non-hydrogen) atoms. The van der Waals surface area contributed by atoms with Gasteiger partial charge >= 0.3 is 0 Å². The van der Waals surface area contributed by atoms with E-state index < -0.39 is 0 Å². The van der Waals surface area contributed by atoms with Gasteiger partial charge in [0, 0.05) is 17.6 Å². The van der Waals surface area contributed by atoms with Crippen LogP contribution in [0.2, 0.25) is 0 Å². The fraction of sp³-hybridized carbons (Fsp3) is 0.125. The Morgan fingerprint density at radius 3 is 2.77 bits per heavy atom. The van der Waals surface area contributed by atoms with Crippen LogP contribution in [0.15, 0.2) is 48.8 Å². The minimum absolute atomic E-state index is 0.583. The summed E-state index contributed by atoms with van der Waals surface area (Å²) < 4.78 is 1.69. The van der Waals surface area contributed by atoms with Gasteiger partial charge in [-0.15, -0.1) is 5.10 Å². The number of nitriles is 1. The lowest BCUT2D eigenvalue weighted by molar-refractivity contribution is 0.798. The first-order chi connectivity index (χ1) is 10.7. The van der Waals surface area contributed by atoms with Crippen molar-refractivity contribution in [2.24, 2.45) is 0 Å². The monoisotopic (exact) mass is 290 g/mol. The van der Waals surface area contributed by atoms with Crippen LogP contribution >= 0.6 is 0 Å². The molecular formula is C16H14N6. The van der Waals surface area contributed by atoms with Gasteiger partial charge in [-0.2, -0.15) is 5.26 Å². The van der Waals surface area contributed by atoms with Gasteiger partial charge in [-0.3, -0.25) is 4.98 Å². The van der Waals surface area contributed by atoms with E-state index in [1.54, 1.807) is 23.0 Å². The molecule has 6 nitrogen and oxygen atoms in total. The number of aryl methyl sites for hydroxylation is 1. The first kappa shape index (κ1) is 13.8. The highest BCUT2D eigenvalue weighted by Crippen LogP contribution is 2.11. The number of hydrogen-bond acceptors (Lipinski definition) is 5. The first-order valence-electron chi connectivity index (χ1n) is 6.83. The standard InChI is InChI=1S/C16H14N6/c1-12-8-14(6-7-18-12)19-10-15-11-22(21-20-15)16-4-2-13(9-17)3-5-16/h2-8,11H,10H2,1H3,(H,18,19). The van der Waals surface area contributed by atoms with Crippen molar-refractivity contribution in [3.05, 3.63) is 65.7 Å². The summed E-state index contributed by atoms with van der Waals surface area (Å²) in [5.74, 6) is 0. The van der Waals surface area contributed by atoms with Crippen LogP contribution in [0.1, 0.15) is 17.0 Å². The number of aromatic nitrogens is 4. The van der Waals surface area contributed by atoms with Crippen molar-refractivity contribution in [2.75, 3.05) is 5.32 Å². The third-order valence-electron chi connectivity index (χ3n) is 3.17. The van der Waals surface area contributed by atoms with Crippen LogP contribution < -0.4 is 5.32 Å². The summed E-state index contributed by atoms with van der Waals surface area (Å²) in [4.78, 5) is 4.16. The Morgan fingerprint density at radius 2 is 2.05 bits per heavy atom. The molecule has 0 aliphatic carbocycles. The van der Waals surface area contributed by atoms with Crippen molar-refractivity contribution in [1.82, 2.24) is 20.0 Å². The van der Waals surface area contributed by atoms with Crippen molar-refractivity contribution >= 4 is 5.69 Å². The predicted octanol–water partition coefficient (Wildman–Crippen LogP) is 2.45. The molecule has 0 unspecified atom stereocenters. The summed E-state index contributed by atoms with van der Waals surface area (Å²) in [5, 5.41) is 20.3. The molecule has 2 heterocycles. The molecule has 0 aliphatic rings. The molecule has 0 fully saturated rings. The lowest BCUT2D eigenvalue weighted by atomic mass is 10.2. The number of nitrogens with one attached hydrogen (secondary N) is 1. The Morgan fingerprint density at radius 1 is 1.23 bits per heavy atom. The zero-order valence-electron chi connectivity index (χ0n) is 12.1. The minimum atomic E-state index is 0.583. The van der Waals surface area contributed by atoms with E-state index in [2.05, 4.69) is 26.7 Å². The maximum Gasteiger partial charge on any atom is 0.102 e. The van der Waals surface area contributed by atoms with Gasteiger partial charge in [0.05, 0.1) is 30.1 Å². The Hall–Kier alpha value is -3.20. The van der Waals surface area contributed by atoms with E-state index in [-0.39, 0.29) is 0 Å². The molecule has 0 amide bonds. The fourth-order valence-electron chi connectivity index (χ4n) is 2.04. The minimum Gasteiger partial charge on any atom is -0.379 e. The number of rotatable bonds is 4. The van der Waals surface area contributed by atoms with E-state index in [4.69, 9.17) is 5.26 Å². The first-order valence-corrected chi connectivity index (χ1v) is 6.83. The molecule has 1 N–H and O–H groups in total. The highest BCUT2D eigenvalue weighted by Gasteiger charge is 2.03. The molecule has 0 atom stereocenters. The summed E-state index contributed by atoms with van der Waals surface area (Å²) in [7, 11) is 0. The molecule has 0 radical (unpaired) electrons. The molecule has 0 spiro atoms. The highest BCUT2D eigenvalue weighted by atomic mass is 15.4. The highest BCUT2D eigenvalue weighted by molar-refractivity contribution is 5.43. The van der Waals surface area contributed by atoms with Crippen LogP contribution in [-0.2, 0) is 6.54 Å². The molecule has 0 aliphatic heterocycles. The van der Waals surface area contributed by atoms with E-state index in [9.17, 15) is 0 Å². The molecule has 6 heteroatoms. The molecule has 2 aromatic heterocycles. The molecule has 0 saturated carbocycles. The number of hydrogen-bond donors (Lipinski definition) is 1. The van der Waals surface area contributed by atoms with Gasteiger partial charge in [0.25, 0.3) is 0 Å². The van der Waals surface area contributed by atoms with Crippen LogP contribution in [0.5, 0.6) is 0 Å². The average molecular weight is 290 g/mol. The van der Waals surface area contributed by atoms with Gasteiger partial charge in [0.2, 0.25) is 0 Å². The van der Waals surface area contributed by atoms with Crippen molar-refractivity contribution < 1.29 is 0 Å². The van der Waals surface area contributed by atoms with E-state index in [1.165, 1.54) is 0 Å². The molecule has 0 bridgehead atoms. The van der Waals surface area contributed by atoms with Crippen LogP contribution in [0.3, 0.4) is 0 Å². The van der Waals surface area contributed by atoms with Gasteiger partial charge in [-0.25, -0.2) is 4.68 Å². The van der Waals surface area contributed by atoms with Crippen LogP contribution in [0, 0.1) is 18.3 Å². The third kappa shape index (κ3) is 3.10. The Kier molecular flexibility index (Phi) is 3.79. The van der Waals surface area contributed by atoms with E-state index in [0.717, 1.165) is 22.8 Å². The van der Waals surface area contributed by atoms with Gasteiger partial charge < -0.3 is 5.32 Å². The maximum absolute atomic E-state index is 8.80. The smallest absolute Gasteiger partial charge is 0.102 e. The van der Waals surface area contributed by atoms with E-state index in [1.807, 2.05) is 37.4 Å². The zero-order chi connectivity index (χ0) is 15.4. The van der Waals surface area contributed by atoms with Crippen LogP contribution in [-0.4, -0.2) is 20.0 Å². The molecule has 1 aromatic carbocycles. The molecular weight excluding hydrogens is 276 g/mol. The van der Waals surface area contributed by atoms with Crippen molar-refractivity contribution in [3.63, 3.8) is 0 Å². The second-order valence-corrected chi connectivity index (χ2v) is 4.85. The van der Waals surface area contributed by atoms with E-state index in [0.29, 0.717) is 12.1 Å². The summed E-state index contributed by atoms with van der Waals surface area (Å²) in [6, 6.07) is 13.2. The summed E-state index contributed by atoms with van der Waals surface area (Å²) in [5.41, 5.74) is 4.29. The van der Waals surface area contributed by atoms with E-state index >= 15 is 0 Å². The average Bonchev–Trinajstić information content (AvgIpc) is 3.02. The van der Waals surface area contributed by atoms with Gasteiger partial charge in [0.1, 0.15) is 5.69 Å². The van der Waals surface area contributed by atoms with Crippen molar-refractivity contribution in [2.45, 2.75) is 13.5 Å². The van der Waals surface area contributed by atoms with Crippen molar-refractivity contribution in [3.8, 4) is 11.8 Å². The van der Waals surface area contributed by atoms with Crippen LogP contribution in [0.4, 0.5) is 5.69 Å². The zero-order valence-corrected chi connectivity index (χ0v) is 12.1. The van der Waals surface area contributed by atoms with Gasteiger partial charge in [-0.1, -0.05) is 5.21 Å². The Bertz CT molecular complexity index is 813. The van der Waals surface area contributed by atoms with Crippen LogP contribution in [0.25, 0.3) is 5.69 Å². The normalized spacial score (nSPS) is 10.2. The Balaban J connectivity index is 1.69. The number of pyridine rings is 1. The summed E-state index contributed by atoms with van der Waals surface area (Å²) >= 11 is 0. The van der Waals surface area contributed by atoms with Gasteiger partial charge in [-0.05, 0) is 43.3 Å². The summed E-state index contributed by atoms with van der Waals surface area (Å²) in [6.07, 6.45) is 3.63. The number of anilines is 1. The predicted molar refractivity (Wildman–Crippen MR) is 82.4 cm³/mol. The molecule has 3 rings (SSSR count). The lowest BCUT2D eigenvalue weighted by Crippen LogP contribution is -2.00. The SMILES string of the molecule is Cc1cc(NCc2cn(-c3ccc(C#N)cc3)nn2)ccn1. The fourth-order valence-corrected chi connectivity index (χ4v) is 2.04. The number of benzene rings is 1.